The summed E-state index contributed by atoms with van der Waals surface area (Å²) in [6.07, 6.45) is 2.61. The van der Waals surface area contributed by atoms with Gasteiger partial charge in [0.05, 0.1) is 17.1 Å². The number of hydrogen-bond acceptors (Lipinski definition) is 3. The van der Waals surface area contributed by atoms with E-state index < -0.39 is 17.9 Å². The minimum absolute atomic E-state index is 0.0710. The largest absolute Gasteiger partial charge is 0.478 e. The second-order valence-electron chi connectivity index (χ2n) is 9.62. The first-order valence-corrected chi connectivity index (χ1v) is 13.2. The van der Waals surface area contributed by atoms with Crippen molar-refractivity contribution in [3.63, 3.8) is 0 Å². The first-order chi connectivity index (χ1) is 18.3. The fourth-order valence-electron chi connectivity index (χ4n) is 5.53. The molecule has 196 valence electrons. The molecule has 1 aliphatic rings. The van der Waals surface area contributed by atoms with Crippen LogP contribution in [0.5, 0.6) is 0 Å². The molecule has 6 heteroatoms. The van der Waals surface area contributed by atoms with Gasteiger partial charge in [0, 0.05) is 28.9 Å². The summed E-state index contributed by atoms with van der Waals surface area (Å²) in [4.78, 5) is 26.8. The average molecular weight is 530 g/mol. The number of rotatable bonds is 10. The van der Waals surface area contributed by atoms with E-state index in [9.17, 15) is 19.8 Å². The van der Waals surface area contributed by atoms with Crippen molar-refractivity contribution in [3.8, 4) is 0 Å². The standard InChI is InChI=1S/C32H32ClNO4/c1-21-28(31(35)36)30(25-16-11-17-26(33)20-25)29(32(37)38)22(2)34(21)19-10-9-18-27(23-12-5-3-6-13-23)24-14-7-4-8-15-24/h3-8,11-17,20,27,30H,9-10,18-19H2,1-2H3,(H,35,36)(H,37,38). The number of allylic oxidation sites excluding steroid dienone is 2. The van der Waals surface area contributed by atoms with Crippen molar-refractivity contribution in [2.24, 2.45) is 0 Å². The summed E-state index contributed by atoms with van der Waals surface area (Å²) in [6.45, 7) is 4.06. The van der Waals surface area contributed by atoms with Gasteiger partial charge in [-0.1, -0.05) is 90.8 Å². The van der Waals surface area contributed by atoms with E-state index in [1.54, 1.807) is 38.1 Å². The number of hydrogen-bond donors (Lipinski definition) is 2. The van der Waals surface area contributed by atoms with Gasteiger partial charge in [-0.15, -0.1) is 0 Å². The molecule has 0 bridgehead atoms. The highest BCUT2D eigenvalue weighted by molar-refractivity contribution is 6.30. The molecule has 1 heterocycles. The molecule has 2 N–H and O–H groups in total. The monoisotopic (exact) mass is 529 g/mol. The number of carboxylic acids is 2. The summed E-state index contributed by atoms with van der Waals surface area (Å²) in [5.41, 5.74) is 4.34. The van der Waals surface area contributed by atoms with E-state index in [1.807, 2.05) is 17.0 Å². The molecule has 1 aliphatic heterocycles. The van der Waals surface area contributed by atoms with Crippen molar-refractivity contribution in [1.82, 2.24) is 4.90 Å². The van der Waals surface area contributed by atoms with Gasteiger partial charge in [0.2, 0.25) is 0 Å². The summed E-state index contributed by atoms with van der Waals surface area (Å²) in [5.74, 6) is -2.90. The van der Waals surface area contributed by atoms with E-state index in [4.69, 9.17) is 11.6 Å². The average Bonchev–Trinajstić information content (AvgIpc) is 2.90. The molecular formula is C32H32ClNO4. The fourth-order valence-corrected chi connectivity index (χ4v) is 5.73. The van der Waals surface area contributed by atoms with Gasteiger partial charge in [-0.2, -0.15) is 0 Å². The molecule has 0 unspecified atom stereocenters. The topological polar surface area (TPSA) is 77.8 Å². The molecule has 0 saturated heterocycles. The van der Waals surface area contributed by atoms with Gasteiger partial charge in [0.15, 0.2) is 0 Å². The molecule has 0 amide bonds. The minimum atomic E-state index is -1.13. The second kappa shape index (κ2) is 12.1. The van der Waals surface area contributed by atoms with Crippen LogP contribution in [-0.4, -0.2) is 33.6 Å². The van der Waals surface area contributed by atoms with Gasteiger partial charge in [-0.25, -0.2) is 9.59 Å². The number of halogens is 1. The zero-order valence-corrected chi connectivity index (χ0v) is 22.4. The van der Waals surface area contributed by atoms with E-state index >= 15 is 0 Å². The van der Waals surface area contributed by atoms with Gasteiger partial charge >= 0.3 is 11.9 Å². The van der Waals surface area contributed by atoms with Crippen LogP contribution in [0.2, 0.25) is 5.02 Å². The van der Waals surface area contributed by atoms with Gasteiger partial charge in [0.25, 0.3) is 0 Å². The molecule has 0 radical (unpaired) electrons. The maximum absolute atomic E-state index is 12.5. The first-order valence-electron chi connectivity index (χ1n) is 12.8. The van der Waals surface area contributed by atoms with E-state index in [0.29, 0.717) is 28.5 Å². The van der Waals surface area contributed by atoms with Crippen LogP contribution >= 0.6 is 11.6 Å². The number of unbranched alkanes of at least 4 members (excludes halogenated alkanes) is 1. The molecule has 0 saturated carbocycles. The van der Waals surface area contributed by atoms with Crippen molar-refractivity contribution in [1.29, 1.82) is 0 Å². The Morgan fingerprint density at radius 1 is 0.789 bits per heavy atom. The zero-order valence-electron chi connectivity index (χ0n) is 21.6. The van der Waals surface area contributed by atoms with Gasteiger partial charge in [-0.3, -0.25) is 0 Å². The van der Waals surface area contributed by atoms with Crippen LogP contribution < -0.4 is 0 Å². The molecule has 4 rings (SSSR count). The Labute approximate surface area is 228 Å². The number of carboxylic acid groups (broad SMARTS) is 2. The third-order valence-corrected chi connectivity index (χ3v) is 7.57. The normalized spacial score (nSPS) is 14.4. The van der Waals surface area contributed by atoms with Crippen LogP contribution in [0.3, 0.4) is 0 Å². The predicted molar refractivity (Wildman–Crippen MR) is 150 cm³/mol. The Hall–Kier alpha value is -3.83. The van der Waals surface area contributed by atoms with Gasteiger partial charge < -0.3 is 15.1 Å². The lowest BCUT2D eigenvalue weighted by Gasteiger charge is -2.37. The van der Waals surface area contributed by atoms with Crippen molar-refractivity contribution in [2.45, 2.75) is 44.9 Å². The molecule has 0 aliphatic carbocycles. The summed E-state index contributed by atoms with van der Waals surface area (Å²) in [5, 5.41) is 20.8. The summed E-state index contributed by atoms with van der Waals surface area (Å²) in [7, 11) is 0. The summed E-state index contributed by atoms with van der Waals surface area (Å²) < 4.78 is 0. The van der Waals surface area contributed by atoms with Crippen LogP contribution in [-0.2, 0) is 9.59 Å². The third-order valence-electron chi connectivity index (χ3n) is 7.34. The van der Waals surface area contributed by atoms with Crippen LogP contribution in [0.15, 0.2) is 107 Å². The van der Waals surface area contributed by atoms with E-state index in [2.05, 4.69) is 48.5 Å². The summed E-state index contributed by atoms with van der Waals surface area (Å²) >= 11 is 6.18. The molecule has 5 nitrogen and oxygen atoms in total. The van der Waals surface area contributed by atoms with Crippen molar-refractivity contribution in [2.75, 3.05) is 6.54 Å². The Bertz CT molecular complexity index is 1290. The van der Waals surface area contributed by atoms with Crippen LogP contribution in [0.4, 0.5) is 0 Å². The lowest BCUT2D eigenvalue weighted by molar-refractivity contribution is -0.133. The van der Waals surface area contributed by atoms with Gasteiger partial charge in [-0.05, 0) is 55.5 Å². The molecule has 3 aromatic rings. The minimum Gasteiger partial charge on any atom is -0.478 e. The Morgan fingerprint density at radius 2 is 1.32 bits per heavy atom. The van der Waals surface area contributed by atoms with Crippen molar-refractivity contribution >= 4 is 23.5 Å². The van der Waals surface area contributed by atoms with Crippen molar-refractivity contribution < 1.29 is 19.8 Å². The highest BCUT2D eigenvalue weighted by Crippen LogP contribution is 2.42. The number of aliphatic carboxylic acids is 2. The highest BCUT2D eigenvalue weighted by atomic mass is 35.5. The van der Waals surface area contributed by atoms with E-state index in [-0.39, 0.29) is 17.1 Å². The maximum atomic E-state index is 12.5. The zero-order chi connectivity index (χ0) is 27.2. The fraction of sp³-hybridized carbons (Fsp3) is 0.250. The Kier molecular flexibility index (Phi) is 8.70. The molecular weight excluding hydrogens is 498 g/mol. The predicted octanol–water partition coefficient (Wildman–Crippen LogP) is 7.46. The van der Waals surface area contributed by atoms with Crippen LogP contribution in [0.25, 0.3) is 0 Å². The lowest BCUT2D eigenvalue weighted by atomic mass is 9.79. The van der Waals surface area contributed by atoms with Crippen molar-refractivity contribution in [3.05, 3.63) is 129 Å². The number of benzene rings is 3. The maximum Gasteiger partial charge on any atom is 0.334 e. The molecule has 0 spiro atoms. The molecule has 38 heavy (non-hydrogen) atoms. The first kappa shape index (κ1) is 27.2. The van der Waals surface area contributed by atoms with Crippen LogP contribution in [0, 0.1) is 0 Å². The number of nitrogens with zero attached hydrogens (tertiary/aromatic N) is 1. The molecule has 3 aromatic carbocycles. The lowest BCUT2D eigenvalue weighted by Crippen LogP contribution is -2.35. The quantitative estimate of drug-likeness (QED) is 0.266. The number of carbonyl (C=O) groups is 2. The molecule has 0 aromatic heterocycles. The highest BCUT2D eigenvalue weighted by Gasteiger charge is 2.39. The summed E-state index contributed by atoms with van der Waals surface area (Å²) in [6, 6.07) is 27.6. The molecule has 0 atom stereocenters. The van der Waals surface area contributed by atoms with E-state index in [0.717, 1.165) is 19.3 Å². The second-order valence-corrected chi connectivity index (χ2v) is 10.1. The van der Waals surface area contributed by atoms with E-state index in [1.165, 1.54) is 11.1 Å². The van der Waals surface area contributed by atoms with Gasteiger partial charge in [0.1, 0.15) is 0 Å². The Morgan fingerprint density at radius 3 is 1.79 bits per heavy atom. The Balaban J connectivity index is 1.58. The smallest absolute Gasteiger partial charge is 0.334 e. The SMILES string of the molecule is CC1=C(C(=O)O)C(c2cccc(Cl)c2)C(C(=O)O)=C(C)N1CCCCC(c1ccccc1)c1ccccc1. The van der Waals surface area contributed by atoms with Crippen LogP contribution in [0.1, 0.15) is 61.6 Å². The third kappa shape index (κ3) is 5.84. The molecule has 0 fully saturated rings.